The molecule has 0 radical (unpaired) electrons. The first-order valence-corrected chi connectivity index (χ1v) is 3.04. The van der Waals surface area contributed by atoms with E-state index in [-0.39, 0.29) is 0 Å². The molecule has 2 bridgehead atoms. The maximum absolute atomic E-state index is 5.14. The van der Waals surface area contributed by atoms with E-state index >= 15 is 0 Å². The van der Waals surface area contributed by atoms with Gasteiger partial charge in [0.25, 0.3) is 0 Å². The predicted octanol–water partition coefficient (Wildman–Crippen LogP) is 0.608. The molecule has 0 spiro atoms. The Morgan fingerprint density at radius 3 is 2.50 bits per heavy atom. The van der Waals surface area contributed by atoms with Gasteiger partial charge in [-0.25, -0.2) is 0 Å². The highest BCUT2D eigenvalue weighted by atomic mass is 16.7. The molecule has 0 unspecified atom stereocenters. The molecular weight excluding hydrogens is 102 g/mol. The summed E-state index contributed by atoms with van der Waals surface area (Å²) in [4.78, 5) is 5.14. The van der Waals surface area contributed by atoms with Crippen molar-refractivity contribution in [3.8, 4) is 0 Å². The van der Waals surface area contributed by atoms with Gasteiger partial charge in [-0.2, -0.15) is 5.48 Å². The van der Waals surface area contributed by atoms with Gasteiger partial charge in [0.2, 0.25) is 0 Å². The summed E-state index contributed by atoms with van der Waals surface area (Å²) in [7, 11) is 0. The molecule has 8 heavy (non-hydrogen) atoms. The van der Waals surface area contributed by atoms with Crippen LogP contribution in [0.1, 0.15) is 12.8 Å². The lowest BCUT2D eigenvalue weighted by Crippen LogP contribution is -2.41. The molecule has 1 aliphatic carbocycles. The van der Waals surface area contributed by atoms with Crippen molar-refractivity contribution in [2.75, 3.05) is 0 Å². The summed E-state index contributed by atoms with van der Waals surface area (Å²) in [5.41, 5.74) is 2.93. The van der Waals surface area contributed by atoms with E-state index in [0.29, 0.717) is 12.1 Å². The monoisotopic (exact) mass is 111 g/mol. The highest BCUT2D eigenvalue weighted by molar-refractivity contribution is 5.04. The molecule has 2 aliphatic heterocycles. The second-order valence-electron chi connectivity index (χ2n) is 2.34. The quantitative estimate of drug-likeness (QED) is 0.462. The van der Waals surface area contributed by atoms with E-state index in [4.69, 9.17) is 4.84 Å². The Morgan fingerprint density at radius 2 is 2.38 bits per heavy atom. The van der Waals surface area contributed by atoms with Gasteiger partial charge in [-0.15, -0.1) is 0 Å². The Morgan fingerprint density at radius 1 is 1.38 bits per heavy atom. The summed E-state index contributed by atoms with van der Waals surface area (Å²) in [5.74, 6) is 0. The summed E-state index contributed by atoms with van der Waals surface area (Å²) in [6.07, 6.45) is 7.09. The van der Waals surface area contributed by atoms with Crippen molar-refractivity contribution in [3.05, 3.63) is 12.2 Å². The normalized spacial score (nSPS) is 43.0. The van der Waals surface area contributed by atoms with Crippen molar-refractivity contribution in [1.29, 1.82) is 0 Å². The highest BCUT2D eigenvalue weighted by Gasteiger charge is 2.22. The first kappa shape index (κ1) is 4.53. The van der Waals surface area contributed by atoms with Gasteiger partial charge in [0.15, 0.2) is 0 Å². The van der Waals surface area contributed by atoms with Gasteiger partial charge in [0, 0.05) is 0 Å². The molecule has 1 saturated heterocycles. The van der Waals surface area contributed by atoms with Crippen LogP contribution in [-0.4, -0.2) is 12.1 Å². The van der Waals surface area contributed by atoms with Gasteiger partial charge >= 0.3 is 0 Å². The molecule has 1 fully saturated rings. The Labute approximate surface area is 48.5 Å². The van der Waals surface area contributed by atoms with Crippen LogP contribution in [0.4, 0.5) is 0 Å². The molecule has 0 saturated carbocycles. The average Bonchev–Trinajstić information content (AvgIpc) is 1.92. The second-order valence-corrected chi connectivity index (χ2v) is 2.34. The van der Waals surface area contributed by atoms with Crippen LogP contribution in [-0.2, 0) is 4.84 Å². The lowest BCUT2D eigenvalue weighted by Gasteiger charge is -2.30. The van der Waals surface area contributed by atoms with Gasteiger partial charge in [-0.1, -0.05) is 12.2 Å². The molecule has 0 amide bonds. The maximum atomic E-state index is 5.14. The molecular formula is C6H9NO. The first-order valence-electron chi connectivity index (χ1n) is 3.04. The minimum atomic E-state index is 0.361. The van der Waals surface area contributed by atoms with E-state index in [2.05, 4.69) is 17.6 Å². The van der Waals surface area contributed by atoms with E-state index in [1.807, 2.05) is 0 Å². The fourth-order valence-electron chi connectivity index (χ4n) is 1.17. The molecule has 0 aromatic rings. The smallest absolute Gasteiger partial charge is 0.0972 e. The summed E-state index contributed by atoms with van der Waals surface area (Å²) in [6, 6.07) is 0.500. The van der Waals surface area contributed by atoms with Crippen molar-refractivity contribution in [1.82, 2.24) is 5.48 Å². The van der Waals surface area contributed by atoms with Crippen LogP contribution in [0.2, 0.25) is 0 Å². The minimum absolute atomic E-state index is 0.361. The topological polar surface area (TPSA) is 21.3 Å². The molecule has 2 nitrogen and oxygen atoms in total. The summed E-state index contributed by atoms with van der Waals surface area (Å²) < 4.78 is 0. The van der Waals surface area contributed by atoms with Crippen LogP contribution in [0, 0.1) is 0 Å². The number of hydroxylamine groups is 1. The Balaban J connectivity index is 2.20. The largest absolute Gasteiger partial charge is 0.294 e. The zero-order valence-electron chi connectivity index (χ0n) is 4.63. The van der Waals surface area contributed by atoms with Crippen molar-refractivity contribution < 1.29 is 4.84 Å². The number of nitrogens with one attached hydrogen (secondary N) is 1. The maximum Gasteiger partial charge on any atom is 0.0972 e. The van der Waals surface area contributed by atoms with E-state index in [0.717, 1.165) is 0 Å². The fourth-order valence-corrected chi connectivity index (χ4v) is 1.17. The Kier molecular flexibility index (Phi) is 0.889. The van der Waals surface area contributed by atoms with E-state index in [1.165, 1.54) is 12.8 Å². The molecule has 0 aromatic carbocycles. The van der Waals surface area contributed by atoms with Gasteiger partial charge in [0.05, 0.1) is 12.1 Å². The zero-order valence-corrected chi connectivity index (χ0v) is 4.63. The molecule has 2 atom stereocenters. The van der Waals surface area contributed by atoms with Crippen LogP contribution in [0.25, 0.3) is 0 Å². The summed E-state index contributed by atoms with van der Waals surface area (Å²) in [5, 5.41) is 0. The van der Waals surface area contributed by atoms with E-state index in [1.54, 1.807) is 0 Å². The fraction of sp³-hybridized carbons (Fsp3) is 0.667. The molecule has 44 valence electrons. The van der Waals surface area contributed by atoms with Gasteiger partial charge < -0.3 is 0 Å². The lowest BCUT2D eigenvalue weighted by atomic mass is 10.00. The van der Waals surface area contributed by atoms with Crippen molar-refractivity contribution in [2.45, 2.75) is 25.0 Å². The third-order valence-corrected chi connectivity index (χ3v) is 1.69. The van der Waals surface area contributed by atoms with Crippen LogP contribution < -0.4 is 5.48 Å². The van der Waals surface area contributed by atoms with E-state index < -0.39 is 0 Å². The second kappa shape index (κ2) is 1.57. The van der Waals surface area contributed by atoms with Crippen LogP contribution >= 0.6 is 0 Å². The number of fused-ring (bicyclic) bond motifs is 2. The van der Waals surface area contributed by atoms with Crippen molar-refractivity contribution in [3.63, 3.8) is 0 Å². The average molecular weight is 111 g/mol. The van der Waals surface area contributed by atoms with Gasteiger partial charge in [0.1, 0.15) is 0 Å². The third kappa shape index (κ3) is 0.572. The standard InChI is InChI=1S/C6H9NO/c1-3-6-4-2-5(1)7-8-6/h1,3,5-7H,2,4H2/t5-,6+/m0/s1. The molecule has 1 N–H and O–H groups in total. The lowest BCUT2D eigenvalue weighted by molar-refractivity contribution is -0.0574. The zero-order chi connectivity index (χ0) is 5.40. The summed E-state index contributed by atoms with van der Waals surface area (Å²) in [6.45, 7) is 0. The predicted molar refractivity (Wildman–Crippen MR) is 30.2 cm³/mol. The molecule has 2 heteroatoms. The first-order chi connectivity index (χ1) is 3.95. The molecule has 0 aromatic heterocycles. The van der Waals surface area contributed by atoms with Gasteiger partial charge in [-0.05, 0) is 12.8 Å². The van der Waals surface area contributed by atoms with Crippen LogP contribution in [0.15, 0.2) is 12.2 Å². The van der Waals surface area contributed by atoms with Crippen molar-refractivity contribution >= 4 is 0 Å². The number of hydrogen-bond donors (Lipinski definition) is 1. The van der Waals surface area contributed by atoms with E-state index in [9.17, 15) is 0 Å². The van der Waals surface area contributed by atoms with Crippen LogP contribution in [0.3, 0.4) is 0 Å². The summed E-state index contributed by atoms with van der Waals surface area (Å²) >= 11 is 0. The van der Waals surface area contributed by atoms with Gasteiger partial charge in [-0.3, -0.25) is 4.84 Å². The molecule has 3 aliphatic rings. The number of hydrogen-bond acceptors (Lipinski definition) is 2. The minimum Gasteiger partial charge on any atom is -0.294 e. The molecule has 3 rings (SSSR count). The molecule has 2 heterocycles. The highest BCUT2D eigenvalue weighted by Crippen LogP contribution is 2.18. The third-order valence-electron chi connectivity index (χ3n) is 1.69. The SMILES string of the molecule is C1=C[C@H]2CC[C@@H]1ON2. The van der Waals surface area contributed by atoms with Crippen molar-refractivity contribution in [2.24, 2.45) is 0 Å². The Hall–Kier alpha value is -0.340. The van der Waals surface area contributed by atoms with Crippen LogP contribution in [0.5, 0.6) is 0 Å². The number of rotatable bonds is 0. The Bertz CT molecular complexity index is 99.7.